The maximum Gasteiger partial charge on any atom is 0.250 e. The van der Waals surface area contributed by atoms with Crippen molar-refractivity contribution in [3.63, 3.8) is 0 Å². The summed E-state index contributed by atoms with van der Waals surface area (Å²) >= 11 is 0. The van der Waals surface area contributed by atoms with Crippen LogP contribution in [0.4, 0.5) is 0 Å². The predicted molar refractivity (Wildman–Crippen MR) is 68.1 cm³/mol. The number of ether oxygens (including phenoxy) is 1. The highest BCUT2D eigenvalue weighted by Gasteiger charge is 2.21. The van der Waals surface area contributed by atoms with Gasteiger partial charge in [-0.15, -0.1) is 0 Å². The normalized spacial score (nSPS) is 19.5. The second kappa shape index (κ2) is 6.47. The molecule has 0 radical (unpaired) electrons. The molecule has 5 nitrogen and oxygen atoms in total. The first kappa shape index (κ1) is 13.0. The van der Waals surface area contributed by atoms with Gasteiger partial charge in [-0.05, 0) is 18.1 Å². The standard InChI is InChI=1S/C13H19N3O2/c1-2-10-4-3-5-15-11(10)8-16-13(17)12-9-14-6-7-18-12/h3-5,12,14H,2,6-9H2,1H3,(H,16,17). The summed E-state index contributed by atoms with van der Waals surface area (Å²) in [7, 11) is 0. The molecule has 0 spiro atoms. The lowest BCUT2D eigenvalue weighted by Gasteiger charge is -2.22. The molecule has 1 aliphatic rings. The predicted octanol–water partition coefficient (Wildman–Crippen LogP) is 0.249. The van der Waals surface area contributed by atoms with Crippen LogP contribution in [0.15, 0.2) is 18.3 Å². The van der Waals surface area contributed by atoms with E-state index in [4.69, 9.17) is 4.74 Å². The first-order valence-corrected chi connectivity index (χ1v) is 6.34. The van der Waals surface area contributed by atoms with Crippen LogP contribution < -0.4 is 10.6 Å². The van der Waals surface area contributed by atoms with Crippen LogP contribution in [-0.2, 0) is 22.5 Å². The number of hydrogen-bond donors (Lipinski definition) is 2. The molecule has 5 heteroatoms. The average molecular weight is 249 g/mol. The fourth-order valence-corrected chi connectivity index (χ4v) is 1.97. The van der Waals surface area contributed by atoms with Crippen molar-refractivity contribution in [2.45, 2.75) is 26.0 Å². The maximum absolute atomic E-state index is 11.9. The molecule has 18 heavy (non-hydrogen) atoms. The van der Waals surface area contributed by atoms with E-state index in [1.807, 2.05) is 12.1 Å². The second-order valence-corrected chi connectivity index (χ2v) is 4.24. The van der Waals surface area contributed by atoms with Gasteiger partial charge in [0, 0.05) is 19.3 Å². The topological polar surface area (TPSA) is 63.2 Å². The lowest BCUT2D eigenvalue weighted by Crippen LogP contribution is -2.47. The molecule has 2 rings (SSSR count). The smallest absolute Gasteiger partial charge is 0.250 e. The van der Waals surface area contributed by atoms with Gasteiger partial charge in [0.25, 0.3) is 5.91 Å². The second-order valence-electron chi connectivity index (χ2n) is 4.24. The molecule has 1 fully saturated rings. The minimum absolute atomic E-state index is 0.0742. The van der Waals surface area contributed by atoms with E-state index in [-0.39, 0.29) is 12.0 Å². The third kappa shape index (κ3) is 3.27. The monoisotopic (exact) mass is 249 g/mol. The summed E-state index contributed by atoms with van der Waals surface area (Å²) in [6.45, 7) is 4.51. The Balaban J connectivity index is 1.88. The van der Waals surface area contributed by atoms with E-state index in [2.05, 4.69) is 22.5 Å². The summed E-state index contributed by atoms with van der Waals surface area (Å²) in [4.78, 5) is 16.2. The highest BCUT2D eigenvalue weighted by atomic mass is 16.5. The number of nitrogens with zero attached hydrogens (tertiary/aromatic N) is 1. The lowest BCUT2D eigenvalue weighted by atomic mass is 10.1. The molecule has 1 aromatic heterocycles. The van der Waals surface area contributed by atoms with E-state index >= 15 is 0 Å². The molecule has 1 saturated heterocycles. The van der Waals surface area contributed by atoms with Crippen LogP contribution in [0, 0.1) is 0 Å². The highest BCUT2D eigenvalue weighted by Crippen LogP contribution is 2.06. The Bertz CT molecular complexity index is 403. The van der Waals surface area contributed by atoms with Gasteiger partial charge in [-0.25, -0.2) is 0 Å². The largest absolute Gasteiger partial charge is 0.366 e. The molecule has 2 heterocycles. The van der Waals surface area contributed by atoms with Crippen molar-refractivity contribution >= 4 is 5.91 Å². The summed E-state index contributed by atoms with van der Waals surface area (Å²) in [5.74, 6) is -0.0742. The third-order valence-corrected chi connectivity index (χ3v) is 3.02. The Morgan fingerprint density at radius 1 is 1.67 bits per heavy atom. The Morgan fingerprint density at radius 2 is 2.56 bits per heavy atom. The number of rotatable bonds is 4. The van der Waals surface area contributed by atoms with Crippen LogP contribution >= 0.6 is 0 Å². The molecule has 1 atom stereocenters. The number of pyridine rings is 1. The van der Waals surface area contributed by atoms with Gasteiger partial charge in [0.05, 0.1) is 18.8 Å². The van der Waals surface area contributed by atoms with E-state index in [9.17, 15) is 4.79 Å². The molecule has 98 valence electrons. The number of aryl methyl sites for hydroxylation is 1. The van der Waals surface area contributed by atoms with Crippen molar-refractivity contribution in [2.24, 2.45) is 0 Å². The van der Waals surface area contributed by atoms with Gasteiger partial charge in [0.1, 0.15) is 6.10 Å². The van der Waals surface area contributed by atoms with Crippen LogP contribution in [0.25, 0.3) is 0 Å². The number of hydrogen-bond acceptors (Lipinski definition) is 4. The molecule has 1 amide bonds. The van der Waals surface area contributed by atoms with Crippen LogP contribution in [0.2, 0.25) is 0 Å². The Morgan fingerprint density at radius 3 is 3.28 bits per heavy atom. The number of amides is 1. The van der Waals surface area contributed by atoms with Crippen molar-refractivity contribution in [1.82, 2.24) is 15.6 Å². The van der Waals surface area contributed by atoms with E-state index in [1.54, 1.807) is 6.20 Å². The van der Waals surface area contributed by atoms with Gasteiger partial charge < -0.3 is 15.4 Å². The van der Waals surface area contributed by atoms with E-state index in [0.29, 0.717) is 19.7 Å². The highest BCUT2D eigenvalue weighted by molar-refractivity contribution is 5.81. The van der Waals surface area contributed by atoms with Crippen LogP contribution in [0.3, 0.4) is 0 Å². The SMILES string of the molecule is CCc1cccnc1CNC(=O)C1CNCCO1. The minimum Gasteiger partial charge on any atom is -0.366 e. The number of aromatic nitrogens is 1. The van der Waals surface area contributed by atoms with Crippen molar-refractivity contribution < 1.29 is 9.53 Å². The summed E-state index contributed by atoms with van der Waals surface area (Å²) < 4.78 is 5.39. The first-order chi connectivity index (χ1) is 8.81. The van der Waals surface area contributed by atoms with Gasteiger partial charge >= 0.3 is 0 Å². The molecule has 0 saturated carbocycles. The summed E-state index contributed by atoms with van der Waals surface area (Å²) in [6.07, 6.45) is 2.28. The van der Waals surface area contributed by atoms with Crippen LogP contribution in [-0.4, -0.2) is 36.7 Å². The van der Waals surface area contributed by atoms with Crippen molar-refractivity contribution in [2.75, 3.05) is 19.7 Å². The van der Waals surface area contributed by atoms with Gasteiger partial charge in [-0.1, -0.05) is 13.0 Å². The van der Waals surface area contributed by atoms with Gasteiger partial charge in [-0.3, -0.25) is 9.78 Å². The molecular formula is C13H19N3O2. The van der Waals surface area contributed by atoms with E-state index in [1.165, 1.54) is 5.56 Å². The molecule has 1 unspecified atom stereocenters. The Hall–Kier alpha value is -1.46. The van der Waals surface area contributed by atoms with Gasteiger partial charge in [-0.2, -0.15) is 0 Å². The van der Waals surface area contributed by atoms with Crippen molar-refractivity contribution in [3.8, 4) is 0 Å². The molecule has 1 aromatic rings. The third-order valence-electron chi connectivity index (χ3n) is 3.02. The van der Waals surface area contributed by atoms with Crippen molar-refractivity contribution in [1.29, 1.82) is 0 Å². The fourth-order valence-electron chi connectivity index (χ4n) is 1.97. The lowest BCUT2D eigenvalue weighted by molar-refractivity contribution is -0.134. The fraction of sp³-hybridized carbons (Fsp3) is 0.538. The van der Waals surface area contributed by atoms with Crippen molar-refractivity contribution in [3.05, 3.63) is 29.6 Å². The summed E-state index contributed by atoms with van der Waals surface area (Å²) in [6, 6.07) is 3.95. The molecule has 0 aromatic carbocycles. The Labute approximate surface area is 107 Å². The van der Waals surface area contributed by atoms with E-state index < -0.39 is 0 Å². The molecule has 1 aliphatic heterocycles. The zero-order valence-corrected chi connectivity index (χ0v) is 10.6. The molecule has 0 bridgehead atoms. The van der Waals surface area contributed by atoms with Crippen LogP contribution in [0.1, 0.15) is 18.2 Å². The first-order valence-electron chi connectivity index (χ1n) is 6.34. The molecular weight excluding hydrogens is 230 g/mol. The number of carbonyl (C=O) groups is 1. The molecule has 0 aliphatic carbocycles. The van der Waals surface area contributed by atoms with E-state index in [0.717, 1.165) is 18.7 Å². The zero-order chi connectivity index (χ0) is 12.8. The number of morpholine rings is 1. The minimum atomic E-state index is -0.382. The quantitative estimate of drug-likeness (QED) is 0.803. The van der Waals surface area contributed by atoms with Gasteiger partial charge in [0.15, 0.2) is 0 Å². The summed E-state index contributed by atoms with van der Waals surface area (Å²) in [5.41, 5.74) is 2.10. The zero-order valence-electron chi connectivity index (χ0n) is 10.6. The van der Waals surface area contributed by atoms with Gasteiger partial charge in [0.2, 0.25) is 0 Å². The molecule has 2 N–H and O–H groups in total. The maximum atomic E-state index is 11.9. The average Bonchev–Trinajstić information content (AvgIpc) is 2.46. The number of carbonyl (C=O) groups excluding carboxylic acids is 1. The summed E-state index contributed by atoms with van der Waals surface area (Å²) in [5, 5.41) is 6.01. The van der Waals surface area contributed by atoms with Crippen LogP contribution in [0.5, 0.6) is 0 Å². The number of nitrogens with one attached hydrogen (secondary N) is 2. The Kier molecular flexibility index (Phi) is 4.66.